The molecule has 3 amide bonds. The summed E-state index contributed by atoms with van der Waals surface area (Å²) < 4.78 is 0. The molecule has 4 rings (SSSR count). The summed E-state index contributed by atoms with van der Waals surface area (Å²) in [7, 11) is 0. The van der Waals surface area contributed by atoms with E-state index in [2.05, 4.69) is 15.6 Å². The Bertz CT molecular complexity index is 1030. The van der Waals surface area contributed by atoms with Gasteiger partial charge in [-0.25, -0.2) is 9.78 Å². The van der Waals surface area contributed by atoms with Crippen LogP contribution in [0.25, 0.3) is 0 Å². The summed E-state index contributed by atoms with van der Waals surface area (Å²) in [6, 6.07) is 19.9. The van der Waals surface area contributed by atoms with Gasteiger partial charge in [-0.2, -0.15) is 0 Å². The molecule has 1 heterocycles. The molecule has 0 spiro atoms. The number of aromatic nitrogens is 1. The van der Waals surface area contributed by atoms with Crippen LogP contribution in [0, 0.1) is 0 Å². The Morgan fingerprint density at radius 3 is 2.27 bits per heavy atom. The van der Waals surface area contributed by atoms with Gasteiger partial charge in [0.05, 0.1) is 6.54 Å². The summed E-state index contributed by atoms with van der Waals surface area (Å²) in [5.41, 5.74) is 2.49. The zero-order valence-corrected chi connectivity index (χ0v) is 19.5. The maximum atomic E-state index is 13.1. The van der Waals surface area contributed by atoms with Crippen molar-refractivity contribution in [2.75, 3.05) is 0 Å². The van der Waals surface area contributed by atoms with E-state index in [0.29, 0.717) is 25.3 Å². The van der Waals surface area contributed by atoms with Gasteiger partial charge in [-0.1, -0.05) is 79.9 Å². The van der Waals surface area contributed by atoms with Gasteiger partial charge in [0.15, 0.2) is 0 Å². The molecule has 0 unspecified atom stereocenters. The molecule has 1 aromatic heterocycles. The Labute approximate surface area is 199 Å². The zero-order valence-electron chi connectivity index (χ0n) is 18.7. The first-order valence-corrected chi connectivity index (χ1v) is 12.4. The Morgan fingerprint density at radius 2 is 1.58 bits per heavy atom. The van der Waals surface area contributed by atoms with Crippen LogP contribution in [0.4, 0.5) is 4.79 Å². The van der Waals surface area contributed by atoms with Crippen molar-refractivity contribution in [2.45, 2.75) is 57.8 Å². The van der Waals surface area contributed by atoms with Gasteiger partial charge in [-0.3, -0.25) is 4.79 Å². The van der Waals surface area contributed by atoms with Crippen molar-refractivity contribution in [3.05, 3.63) is 87.9 Å². The second-order valence-corrected chi connectivity index (χ2v) is 9.36. The molecule has 7 heteroatoms. The summed E-state index contributed by atoms with van der Waals surface area (Å²) in [6.45, 7) is 1.31. The molecule has 172 valence electrons. The minimum absolute atomic E-state index is 0.0731. The second kappa shape index (κ2) is 11.6. The summed E-state index contributed by atoms with van der Waals surface area (Å²) >= 11 is 1.41. The Hall–Kier alpha value is -3.19. The van der Waals surface area contributed by atoms with Gasteiger partial charge in [-0.05, 0) is 24.0 Å². The van der Waals surface area contributed by atoms with E-state index in [0.717, 1.165) is 41.8 Å². The fourth-order valence-corrected chi connectivity index (χ4v) is 4.82. The molecule has 1 saturated carbocycles. The predicted molar refractivity (Wildman–Crippen MR) is 131 cm³/mol. The fourth-order valence-electron chi connectivity index (χ4n) is 4.04. The number of thiazole rings is 1. The molecule has 1 fully saturated rings. The predicted octanol–water partition coefficient (Wildman–Crippen LogP) is 5.12. The van der Waals surface area contributed by atoms with Crippen molar-refractivity contribution in [3.8, 4) is 0 Å². The molecule has 0 atom stereocenters. The van der Waals surface area contributed by atoms with Gasteiger partial charge in [-0.15, -0.1) is 11.3 Å². The normalized spacial score (nSPS) is 13.9. The van der Waals surface area contributed by atoms with Crippen LogP contribution in [0.5, 0.6) is 0 Å². The molecule has 0 saturated heterocycles. The first kappa shape index (κ1) is 23.0. The molecule has 1 aliphatic rings. The highest BCUT2D eigenvalue weighted by molar-refractivity contribution is 7.09. The first-order chi connectivity index (χ1) is 16.2. The maximum absolute atomic E-state index is 13.1. The quantitative estimate of drug-likeness (QED) is 0.488. The maximum Gasteiger partial charge on any atom is 0.318 e. The number of benzene rings is 2. The number of rotatable bonds is 8. The van der Waals surface area contributed by atoms with Crippen LogP contribution in [0.3, 0.4) is 0 Å². The van der Waals surface area contributed by atoms with Crippen LogP contribution in [0.1, 0.15) is 58.7 Å². The number of nitrogens with zero attached hydrogens (tertiary/aromatic N) is 2. The smallest absolute Gasteiger partial charge is 0.318 e. The number of nitrogens with one attached hydrogen (secondary N) is 2. The molecular formula is C26H30N4O2S. The molecule has 2 aromatic carbocycles. The third-order valence-corrected chi connectivity index (χ3v) is 6.68. The van der Waals surface area contributed by atoms with Gasteiger partial charge in [0.2, 0.25) is 0 Å². The highest BCUT2D eigenvalue weighted by Crippen LogP contribution is 2.19. The summed E-state index contributed by atoms with van der Waals surface area (Å²) in [4.78, 5) is 32.0. The number of hydrogen-bond donors (Lipinski definition) is 2. The molecule has 6 nitrogen and oxygen atoms in total. The van der Waals surface area contributed by atoms with Crippen molar-refractivity contribution in [1.29, 1.82) is 0 Å². The summed E-state index contributed by atoms with van der Waals surface area (Å²) in [6.07, 6.45) is 5.64. The molecule has 2 N–H and O–H groups in total. The van der Waals surface area contributed by atoms with Gasteiger partial charge in [0.1, 0.15) is 10.7 Å². The molecular weight excluding hydrogens is 432 g/mol. The van der Waals surface area contributed by atoms with Crippen molar-refractivity contribution < 1.29 is 9.59 Å². The van der Waals surface area contributed by atoms with E-state index in [9.17, 15) is 9.59 Å². The van der Waals surface area contributed by atoms with Crippen LogP contribution >= 0.6 is 11.3 Å². The molecule has 0 bridgehead atoms. The molecule has 1 aliphatic carbocycles. The van der Waals surface area contributed by atoms with E-state index in [1.54, 1.807) is 10.3 Å². The number of amides is 3. The third kappa shape index (κ3) is 6.89. The number of hydrogen-bond acceptors (Lipinski definition) is 4. The second-order valence-electron chi connectivity index (χ2n) is 8.42. The monoisotopic (exact) mass is 462 g/mol. The average Bonchev–Trinajstić information content (AvgIpc) is 3.33. The zero-order chi connectivity index (χ0) is 22.9. The molecule has 33 heavy (non-hydrogen) atoms. The van der Waals surface area contributed by atoms with Crippen LogP contribution in [0.2, 0.25) is 0 Å². The molecule has 0 radical (unpaired) electrons. The fraction of sp³-hybridized carbons (Fsp3) is 0.346. The SMILES string of the molecule is O=C(NCc1ccccc1)c1csc(CN(Cc2ccccc2)C(=O)NC2CCCCC2)n1. The topological polar surface area (TPSA) is 74.3 Å². The van der Waals surface area contributed by atoms with E-state index in [4.69, 9.17) is 0 Å². The minimum atomic E-state index is -0.206. The van der Waals surface area contributed by atoms with E-state index < -0.39 is 0 Å². The number of carbonyl (C=O) groups excluding carboxylic acids is 2. The van der Waals surface area contributed by atoms with E-state index in [1.165, 1.54) is 17.8 Å². The third-order valence-electron chi connectivity index (χ3n) is 5.84. The first-order valence-electron chi connectivity index (χ1n) is 11.5. The lowest BCUT2D eigenvalue weighted by Crippen LogP contribution is -2.44. The molecule has 0 aliphatic heterocycles. The van der Waals surface area contributed by atoms with E-state index >= 15 is 0 Å². The lowest BCUT2D eigenvalue weighted by Gasteiger charge is -2.28. The minimum Gasteiger partial charge on any atom is -0.347 e. The van der Waals surface area contributed by atoms with Crippen LogP contribution in [-0.4, -0.2) is 27.9 Å². The summed E-state index contributed by atoms with van der Waals surface area (Å²) in [5, 5.41) is 8.63. The van der Waals surface area contributed by atoms with Crippen molar-refractivity contribution in [1.82, 2.24) is 20.5 Å². The highest BCUT2D eigenvalue weighted by atomic mass is 32.1. The van der Waals surface area contributed by atoms with E-state index in [1.807, 2.05) is 60.7 Å². The average molecular weight is 463 g/mol. The van der Waals surface area contributed by atoms with Gasteiger partial charge in [0, 0.05) is 24.5 Å². The van der Waals surface area contributed by atoms with Crippen LogP contribution in [0.15, 0.2) is 66.0 Å². The number of urea groups is 1. The van der Waals surface area contributed by atoms with Crippen molar-refractivity contribution in [2.24, 2.45) is 0 Å². The number of carbonyl (C=O) groups is 2. The Kier molecular flexibility index (Phi) is 8.09. The van der Waals surface area contributed by atoms with Gasteiger partial charge >= 0.3 is 6.03 Å². The van der Waals surface area contributed by atoms with Gasteiger partial charge in [0.25, 0.3) is 5.91 Å². The highest BCUT2D eigenvalue weighted by Gasteiger charge is 2.22. The Balaban J connectivity index is 1.40. The van der Waals surface area contributed by atoms with E-state index in [-0.39, 0.29) is 18.0 Å². The van der Waals surface area contributed by atoms with Crippen molar-refractivity contribution in [3.63, 3.8) is 0 Å². The Morgan fingerprint density at radius 1 is 0.909 bits per heavy atom. The van der Waals surface area contributed by atoms with Crippen LogP contribution < -0.4 is 10.6 Å². The van der Waals surface area contributed by atoms with Crippen LogP contribution in [-0.2, 0) is 19.6 Å². The van der Waals surface area contributed by atoms with Crippen molar-refractivity contribution >= 4 is 23.3 Å². The standard InChI is InChI=1S/C26H30N4O2S/c31-25(27-16-20-10-4-1-5-11-20)23-19-33-24(29-23)18-30(17-21-12-6-2-7-13-21)26(32)28-22-14-8-3-9-15-22/h1-2,4-7,10-13,19,22H,3,8-9,14-18H2,(H,27,31)(H,28,32). The molecule has 3 aromatic rings. The lowest BCUT2D eigenvalue weighted by molar-refractivity contribution is 0.0946. The lowest BCUT2D eigenvalue weighted by atomic mass is 9.96. The summed E-state index contributed by atoms with van der Waals surface area (Å²) in [5.74, 6) is -0.206. The largest absolute Gasteiger partial charge is 0.347 e. The van der Waals surface area contributed by atoms with Gasteiger partial charge < -0.3 is 15.5 Å².